The van der Waals surface area contributed by atoms with Crippen molar-refractivity contribution >= 4 is 5.95 Å². The van der Waals surface area contributed by atoms with Gasteiger partial charge in [-0.25, -0.2) is 0 Å². The summed E-state index contributed by atoms with van der Waals surface area (Å²) < 4.78 is 11.0. The lowest BCUT2D eigenvalue weighted by Crippen LogP contribution is -2.60. The quantitative estimate of drug-likeness (QED) is 0.855. The molecular weight excluding hydrogens is 316 g/mol. The Kier molecular flexibility index (Phi) is 3.48. The molecule has 0 radical (unpaired) electrons. The number of methoxy groups -OCH3 is 1. The number of para-hydroxylation sites is 1. The van der Waals surface area contributed by atoms with E-state index in [0.717, 1.165) is 18.2 Å². The summed E-state index contributed by atoms with van der Waals surface area (Å²) in [6.07, 6.45) is 2.54. The largest absolute Gasteiger partial charge is 0.496 e. The molecule has 0 aliphatic carbocycles. The molecule has 0 N–H and O–H groups in total. The molecule has 25 heavy (non-hydrogen) atoms. The number of nitrogens with zero attached hydrogens (tertiary/aromatic N) is 4. The summed E-state index contributed by atoms with van der Waals surface area (Å²) in [6, 6.07) is 9.42. The van der Waals surface area contributed by atoms with Gasteiger partial charge in [0.05, 0.1) is 13.2 Å². The van der Waals surface area contributed by atoms with Crippen molar-refractivity contribution < 1.29 is 9.26 Å². The first kappa shape index (κ1) is 15.2. The van der Waals surface area contributed by atoms with E-state index in [9.17, 15) is 0 Å². The summed E-state index contributed by atoms with van der Waals surface area (Å²) in [5, 5.41) is 4.23. The van der Waals surface area contributed by atoms with Crippen molar-refractivity contribution in [3.8, 4) is 5.75 Å². The van der Waals surface area contributed by atoms with Gasteiger partial charge in [0.15, 0.2) is 0 Å². The van der Waals surface area contributed by atoms with Crippen molar-refractivity contribution in [2.24, 2.45) is 5.92 Å². The lowest BCUT2D eigenvalue weighted by molar-refractivity contribution is 0.0350. The summed E-state index contributed by atoms with van der Waals surface area (Å²) in [4.78, 5) is 9.61. The van der Waals surface area contributed by atoms with Gasteiger partial charge in [-0.15, -0.1) is 0 Å². The number of fused-ring (bicyclic) bond motifs is 2. The Morgan fingerprint density at radius 2 is 1.96 bits per heavy atom. The molecule has 2 aromatic rings. The zero-order valence-corrected chi connectivity index (χ0v) is 14.8. The van der Waals surface area contributed by atoms with Crippen molar-refractivity contribution in [3.63, 3.8) is 0 Å². The molecule has 3 atom stereocenters. The molecule has 0 saturated carbocycles. The molecule has 4 aliphatic heterocycles. The molecular formula is C19H24N4O2. The van der Waals surface area contributed by atoms with Gasteiger partial charge in [-0.05, 0) is 43.1 Å². The Balaban J connectivity index is 1.58. The van der Waals surface area contributed by atoms with Crippen LogP contribution in [0.1, 0.15) is 30.2 Å². The normalized spacial score (nSPS) is 33.5. The fourth-order valence-corrected chi connectivity index (χ4v) is 5.30. The SMILES string of the molecule is COc1ccccc1[C@H]1CN(c2noc(C)n2)[C@@H]2C3CCN(CC3)[C@H]12. The smallest absolute Gasteiger partial charge is 0.266 e. The van der Waals surface area contributed by atoms with E-state index in [1.165, 1.54) is 31.5 Å². The molecule has 0 spiro atoms. The number of anilines is 1. The lowest BCUT2D eigenvalue weighted by atomic mass is 9.75. The maximum Gasteiger partial charge on any atom is 0.266 e. The molecule has 132 valence electrons. The van der Waals surface area contributed by atoms with Crippen LogP contribution in [0, 0.1) is 12.8 Å². The zero-order valence-electron chi connectivity index (χ0n) is 14.8. The summed E-state index contributed by atoms with van der Waals surface area (Å²) in [5.41, 5.74) is 1.30. The van der Waals surface area contributed by atoms with Gasteiger partial charge in [0.2, 0.25) is 5.89 Å². The summed E-state index contributed by atoms with van der Waals surface area (Å²) in [6.45, 7) is 5.19. The Labute approximate surface area is 147 Å². The topological polar surface area (TPSA) is 54.6 Å². The Morgan fingerprint density at radius 3 is 2.68 bits per heavy atom. The average Bonchev–Trinajstić information content (AvgIpc) is 3.27. The lowest BCUT2D eigenvalue weighted by Gasteiger charge is -2.51. The van der Waals surface area contributed by atoms with Gasteiger partial charge in [-0.3, -0.25) is 4.90 Å². The first-order valence-corrected chi connectivity index (χ1v) is 9.20. The van der Waals surface area contributed by atoms with E-state index in [1.807, 2.05) is 13.0 Å². The molecule has 0 amide bonds. The minimum absolute atomic E-state index is 0.406. The Hall–Kier alpha value is -2.08. The second kappa shape index (κ2) is 5.73. The highest BCUT2D eigenvalue weighted by Crippen LogP contribution is 2.48. The second-order valence-electron chi connectivity index (χ2n) is 7.47. The van der Waals surface area contributed by atoms with E-state index in [2.05, 4.69) is 38.1 Å². The molecule has 6 heteroatoms. The van der Waals surface area contributed by atoms with E-state index >= 15 is 0 Å². The first-order valence-electron chi connectivity index (χ1n) is 9.20. The van der Waals surface area contributed by atoms with Gasteiger partial charge in [0.25, 0.3) is 5.95 Å². The number of piperidine rings is 3. The van der Waals surface area contributed by atoms with Gasteiger partial charge in [0, 0.05) is 31.0 Å². The van der Waals surface area contributed by atoms with Crippen LogP contribution in [-0.2, 0) is 0 Å². The number of rotatable bonds is 3. The van der Waals surface area contributed by atoms with Crippen LogP contribution in [-0.4, -0.2) is 53.9 Å². The minimum Gasteiger partial charge on any atom is -0.496 e. The van der Waals surface area contributed by atoms with Crippen molar-refractivity contribution in [1.82, 2.24) is 15.0 Å². The molecule has 4 aliphatic rings. The first-order chi connectivity index (χ1) is 12.3. The highest BCUT2D eigenvalue weighted by atomic mass is 16.5. The molecule has 1 aromatic heterocycles. The van der Waals surface area contributed by atoms with Crippen LogP contribution in [0.15, 0.2) is 28.8 Å². The Bertz CT molecular complexity index is 768. The van der Waals surface area contributed by atoms with Gasteiger partial charge in [-0.1, -0.05) is 18.2 Å². The molecule has 5 heterocycles. The number of hydrogen-bond acceptors (Lipinski definition) is 6. The van der Waals surface area contributed by atoms with E-state index in [0.29, 0.717) is 29.8 Å². The van der Waals surface area contributed by atoms with E-state index < -0.39 is 0 Å². The van der Waals surface area contributed by atoms with Crippen molar-refractivity contribution in [1.29, 1.82) is 0 Å². The van der Waals surface area contributed by atoms with Crippen LogP contribution in [0.4, 0.5) is 5.95 Å². The number of benzene rings is 1. The van der Waals surface area contributed by atoms with Crippen molar-refractivity contribution in [2.75, 3.05) is 31.6 Å². The molecule has 6 rings (SSSR count). The fraction of sp³-hybridized carbons (Fsp3) is 0.579. The van der Waals surface area contributed by atoms with Gasteiger partial charge in [-0.2, -0.15) is 4.98 Å². The van der Waals surface area contributed by atoms with Crippen LogP contribution in [0.25, 0.3) is 0 Å². The molecule has 4 saturated heterocycles. The van der Waals surface area contributed by atoms with Crippen molar-refractivity contribution in [2.45, 2.75) is 37.8 Å². The van der Waals surface area contributed by atoms with Crippen LogP contribution < -0.4 is 9.64 Å². The third kappa shape index (κ3) is 2.27. The monoisotopic (exact) mass is 340 g/mol. The van der Waals surface area contributed by atoms with Gasteiger partial charge < -0.3 is 14.2 Å². The number of aromatic nitrogens is 2. The predicted octanol–water partition coefficient (Wildman–Crippen LogP) is 2.45. The highest BCUT2D eigenvalue weighted by Gasteiger charge is 2.54. The van der Waals surface area contributed by atoms with Crippen LogP contribution in [0.3, 0.4) is 0 Å². The van der Waals surface area contributed by atoms with Crippen LogP contribution >= 0.6 is 0 Å². The van der Waals surface area contributed by atoms with E-state index in [-0.39, 0.29) is 0 Å². The molecule has 2 bridgehead atoms. The standard InChI is InChI=1S/C19H24N4O2/c1-12-20-19(21-25-12)23-11-15(14-5-3-4-6-16(14)24-2)18-17(23)13-7-9-22(18)10-8-13/h3-6,13,15,17-18H,7-11H2,1-2H3/t15-,17-,18-/m1/s1. The summed E-state index contributed by atoms with van der Waals surface area (Å²) >= 11 is 0. The maximum atomic E-state index is 5.68. The summed E-state index contributed by atoms with van der Waals surface area (Å²) in [7, 11) is 1.76. The average molecular weight is 340 g/mol. The minimum atomic E-state index is 0.406. The molecule has 1 aromatic carbocycles. The Morgan fingerprint density at radius 1 is 1.16 bits per heavy atom. The molecule has 4 fully saturated rings. The van der Waals surface area contributed by atoms with E-state index in [1.54, 1.807) is 7.11 Å². The number of aryl methyl sites for hydroxylation is 1. The third-order valence-corrected chi connectivity index (χ3v) is 6.31. The highest BCUT2D eigenvalue weighted by molar-refractivity contribution is 5.46. The van der Waals surface area contributed by atoms with Crippen molar-refractivity contribution in [3.05, 3.63) is 35.7 Å². The summed E-state index contributed by atoms with van der Waals surface area (Å²) in [5.74, 6) is 3.49. The van der Waals surface area contributed by atoms with Crippen LogP contribution in [0.5, 0.6) is 5.75 Å². The molecule has 6 nitrogen and oxygen atoms in total. The van der Waals surface area contributed by atoms with Gasteiger partial charge >= 0.3 is 0 Å². The second-order valence-corrected chi connectivity index (χ2v) is 7.47. The molecule has 0 unspecified atom stereocenters. The predicted molar refractivity (Wildman–Crippen MR) is 94.0 cm³/mol. The number of hydrogen-bond donors (Lipinski definition) is 0. The fourth-order valence-electron chi connectivity index (χ4n) is 5.30. The maximum absolute atomic E-state index is 5.68. The van der Waals surface area contributed by atoms with Crippen LogP contribution in [0.2, 0.25) is 0 Å². The number of ether oxygens (including phenoxy) is 1. The third-order valence-electron chi connectivity index (χ3n) is 6.31. The van der Waals surface area contributed by atoms with Gasteiger partial charge in [0.1, 0.15) is 5.75 Å². The van der Waals surface area contributed by atoms with E-state index in [4.69, 9.17) is 9.26 Å². The zero-order chi connectivity index (χ0) is 17.0.